The van der Waals surface area contributed by atoms with Gasteiger partial charge in [0.2, 0.25) is 0 Å². The molecule has 0 spiro atoms. The summed E-state index contributed by atoms with van der Waals surface area (Å²) in [6, 6.07) is 18.7. The van der Waals surface area contributed by atoms with Gasteiger partial charge in [-0.15, -0.1) is 0 Å². The van der Waals surface area contributed by atoms with Crippen molar-refractivity contribution < 1.29 is 4.79 Å². The number of hydrogen-bond acceptors (Lipinski definition) is 7. The van der Waals surface area contributed by atoms with Gasteiger partial charge in [-0.2, -0.15) is 0 Å². The number of carbonyl (C=O) groups excluding carboxylic acids is 1. The summed E-state index contributed by atoms with van der Waals surface area (Å²) < 4.78 is 0. The van der Waals surface area contributed by atoms with Crippen molar-refractivity contribution in [3.05, 3.63) is 78.9 Å². The molecule has 8 nitrogen and oxygen atoms in total. The molecule has 3 heterocycles. The number of pyridine rings is 2. The molecule has 0 atom stereocenters. The molecule has 1 amide bonds. The van der Waals surface area contributed by atoms with Gasteiger partial charge in [0, 0.05) is 30.7 Å². The maximum atomic E-state index is 12.3. The average Bonchev–Trinajstić information content (AvgIpc) is 2.77. The van der Waals surface area contributed by atoms with Crippen LogP contribution in [0.3, 0.4) is 0 Å². The lowest BCUT2D eigenvalue weighted by molar-refractivity contribution is 0.0950. The molecule has 0 saturated carbocycles. The molecule has 0 aliphatic rings. The van der Waals surface area contributed by atoms with Crippen LogP contribution < -0.4 is 16.0 Å². The maximum Gasteiger partial charge on any atom is 0.269 e. The number of amides is 1. The second-order valence-corrected chi connectivity index (χ2v) is 6.20. The molecule has 8 heteroatoms. The van der Waals surface area contributed by atoms with E-state index in [0.717, 1.165) is 10.9 Å². The van der Waals surface area contributed by atoms with E-state index in [-0.39, 0.29) is 5.91 Å². The first kappa shape index (κ1) is 18.3. The van der Waals surface area contributed by atoms with Gasteiger partial charge in [-0.25, -0.2) is 19.9 Å². The topological polar surface area (TPSA) is 105 Å². The minimum absolute atomic E-state index is 0.210. The van der Waals surface area contributed by atoms with Gasteiger partial charge in [-0.05, 0) is 24.3 Å². The van der Waals surface area contributed by atoms with Crippen LogP contribution in [0.25, 0.3) is 10.9 Å². The summed E-state index contributed by atoms with van der Waals surface area (Å²) in [6.07, 6.45) is 3.17. The Morgan fingerprint density at radius 2 is 1.69 bits per heavy atom. The largest absolute Gasteiger partial charge is 0.368 e. The predicted octanol–water partition coefficient (Wildman–Crippen LogP) is 3.01. The Morgan fingerprint density at radius 1 is 0.828 bits per heavy atom. The standard InChI is InChI=1S/C21H19N7O/c29-21(17-9-8-15-5-1-2-6-16(15)27-17)24-12-11-23-19-13-20(26-14-25-19)28-18-7-3-4-10-22-18/h1-10,13-14H,11-12H2,(H,24,29)(H2,22,23,25,26,28). The van der Waals surface area contributed by atoms with E-state index in [1.165, 1.54) is 6.33 Å². The third kappa shape index (κ3) is 4.81. The second kappa shape index (κ2) is 8.75. The van der Waals surface area contributed by atoms with Gasteiger partial charge in [0.05, 0.1) is 5.52 Å². The molecule has 144 valence electrons. The van der Waals surface area contributed by atoms with Crippen LogP contribution >= 0.6 is 0 Å². The van der Waals surface area contributed by atoms with Crippen LogP contribution in [0.15, 0.2) is 73.2 Å². The molecular formula is C21H19N7O. The summed E-state index contributed by atoms with van der Waals surface area (Å²) in [6.45, 7) is 0.944. The molecule has 29 heavy (non-hydrogen) atoms. The van der Waals surface area contributed by atoms with Gasteiger partial charge in [-0.3, -0.25) is 4.79 Å². The van der Waals surface area contributed by atoms with Crippen molar-refractivity contribution in [2.24, 2.45) is 0 Å². The second-order valence-electron chi connectivity index (χ2n) is 6.20. The fourth-order valence-electron chi connectivity index (χ4n) is 2.74. The quantitative estimate of drug-likeness (QED) is 0.420. The normalized spacial score (nSPS) is 10.5. The Hall–Kier alpha value is -4.07. The van der Waals surface area contributed by atoms with E-state index in [1.807, 2.05) is 48.5 Å². The van der Waals surface area contributed by atoms with Crippen molar-refractivity contribution in [2.75, 3.05) is 23.7 Å². The van der Waals surface area contributed by atoms with Crippen molar-refractivity contribution >= 4 is 34.3 Å². The number of rotatable bonds is 7. The third-order valence-corrected chi connectivity index (χ3v) is 4.14. The van der Waals surface area contributed by atoms with Crippen LogP contribution in [0.2, 0.25) is 0 Å². The first-order valence-electron chi connectivity index (χ1n) is 9.16. The lowest BCUT2D eigenvalue weighted by Gasteiger charge is -2.09. The predicted molar refractivity (Wildman–Crippen MR) is 112 cm³/mol. The molecule has 1 aromatic carbocycles. The summed E-state index contributed by atoms with van der Waals surface area (Å²) in [5, 5.41) is 10.1. The molecule has 0 aliphatic carbocycles. The lowest BCUT2D eigenvalue weighted by atomic mass is 10.2. The first-order chi connectivity index (χ1) is 14.3. The SMILES string of the molecule is O=C(NCCNc1cc(Nc2ccccn2)ncn1)c1ccc2ccccc2n1. The highest BCUT2D eigenvalue weighted by Gasteiger charge is 2.07. The van der Waals surface area contributed by atoms with Gasteiger partial charge in [-0.1, -0.05) is 30.3 Å². The Labute approximate surface area is 167 Å². The fraction of sp³-hybridized carbons (Fsp3) is 0.0952. The van der Waals surface area contributed by atoms with Gasteiger partial charge < -0.3 is 16.0 Å². The smallest absolute Gasteiger partial charge is 0.269 e. The van der Waals surface area contributed by atoms with Gasteiger partial charge >= 0.3 is 0 Å². The third-order valence-electron chi connectivity index (χ3n) is 4.14. The number of para-hydroxylation sites is 1. The molecular weight excluding hydrogens is 366 g/mol. The van der Waals surface area contributed by atoms with Gasteiger partial charge in [0.1, 0.15) is 29.5 Å². The van der Waals surface area contributed by atoms with E-state index in [2.05, 4.69) is 35.9 Å². The maximum absolute atomic E-state index is 12.3. The summed E-state index contributed by atoms with van der Waals surface area (Å²) in [7, 11) is 0. The monoisotopic (exact) mass is 385 g/mol. The van der Waals surface area contributed by atoms with Crippen molar-refractivity contribution in [3.8, 4) is 0 Å². The lowest BCUT2D eigenvalue weighted by Crippen LogP contribution is -2.29. The molecule has 3 aromatic heterocycles. The number of aromatic nitrogens is 4. The van der Waals surface area contributed by atoms with E-state index in [1.54, 1.807) is 18.3 Å². The number of anilines is 3. The number of benzene rings is 1. The zero-order valence-electron chi connectivity index (χ0n) is 15.5. The van der Waals surface area contributed by atoms with Crippen molar-refractivity contribution in [2.45, 2.75) is 0 Å². The van der Waals surface area contributed by atoms with Gasteiger partial charge in [0.15, 0.2) is 0 Å². The Morgan fingerprint density at radius 3 is 2.59 bits per heavy atom. The van der Waals surface area contributed by atoms with Crippen LogP contribution in [-0.2, 0) is 0 Å². The Kier molecular flexibility index (Phi) is 5.52. The molecule has 0 unspecified atom stereocenters. The molecule has 4 rings (SSSR count). The molecule has 0 fully saturated rings. The number of nitrogens with one attached hydrogen (secondary N) is 3. The molecule has 4 aromatic rings. The van der Waals surface area contributed by atoms with Crippen molar-refractivity contribution in [1.82, 2.24) is 25.3 Å². The van der Waals surface area contributed by atoms with Crippen LogP contribution in [0.5, 0.6) is 0 Å². The molecule has 0 radical (unpaired) electrons. The fourth-order valence-corrected chi connectivity index (χ4v) is 2.74. The van der Waals surface area contributed by atoms with E-state index >= 15 is 0 Å². The highest BCUT2D eigenvalue weighted by Crippen LogP contribution is 2.14. The van der Waals surface area contributed by atoms with E-state index in [0.29, 0.717) is 36.2 Å². The number of nitrogens with zero attached hydrogens (tertiary/aromatic N) is 4. The zero-order chi connectivity index (χ0) is 19.9. The first-order valence-corrected chi connectivity index (χ1v) is 9.16. The van der Waals surface area contributed by atoms with Crippen LogP contribution in [0.1, 0.15) is 10.5 Å². The molecule has 3 N–H and O–H groups in total. The molecule has 0 bridgehead atoms. The van der Waals surface area contributed by atoms with Crippen LogP contribution in [-0.4, -0.2) is 38.9 Å². The van der Waals surface area contributed by atoms with Crippen molar-refractivity contribution in [3.63, 3.8) is 0 Å². The van der Waals surface area contributed by atoms with Gasteiger partial charge in [0.25, 0.3) is 5.91 Å². The number of hydrogen-bond donors (Lipinski definition) is 3. The van der Waals surface area contributed by atoms with Crippen LogP contribution in [0.4, 0.5) is 17.5 Å². The molecule has 0 aliphatic heterocycles. The summed E-state index contributed by atoms with van der Waals surface area (Å²) in [4.78, 5) is 29.3. The summed E-state index contributed by atoms with van der Waals surface area (Å²) in [5.74, 6) is 1.77. The van der Waals surface area contributed by atoms with Crippen LogP contribution in [0, 0.1) is 0 Å². The van der Waals surface area contributed by atoms with E-state index in [9.17, 15) is 4.79 Å². The summed E-state index contributed by atoms with van der Waals surface area (Å²) >= 11 is 0. The Bertz CT molecular complexity index is 1120. The average molecular weight is 385 g/mol. The van der Waals surface area contributed by atoms with Crippen molar-refractivity contribution in [1.29, 1.82) is 0 Å². The highest BCUT2D eigenvalue weighted by molar-refractivity contribution is 5.94. The van der Waals surface area contributed by atoms with E-state index in [4.69, 9.17) is 0 Å². The number of carbonyl (C=O) groups is 1. The highest BCUT2D eigenvalue weighted by atomic mass is 16.1. The number of fused-ring (bicyclic) bond motifs is 1. The minimum Gasteiger partial charge on any atom is -0.368 e. The summed E-state index contributed by atoms with van der Waals surface area (Å²) in [5.41, 5.74) is 1.19. The molecule has 0 saturated heterocycles. The minimum atomic E-state index is -0.210. The van der Waals surface area contributed by atoms with E-state index < -0.39 is 0 Å². The zero-order valence-corrected chi connectivity index (χ0v) is 15.5. The Balaban J connectivity index is 1.28.